The van der Waals surface area contributed by atoms with Crippen LogP contribution in [0.4, 0.5) is 5.82 Å². The van der Waals surface area contributed by atoms with E-state index in [1.165, 1.54) is 17.4 Å². The Labute approximate surface area is 179 Å². The number of nitrogens with two attached hydrogens (primary N) is 1. The third-order valence-electron chi connectivity index (χ3n) is 4.91. The number of nitrogens with zero attached hydrogens (tertiary/aromatic N) is 4. The Hall–Kier alpha value is -3.24. The SMILES string of the molecule is C=C/C=C(\C=C\Cn1c(=O)c(=O)[nH]c2c(N)nc(OCCOC)nc21)CN1CCCC1. The van der Waals surface area contributed by atoms with Gasteiger partial charge in [0.25, 0.3) is 0 Å². The van der Waals surface area contributed by atoms with Crippen LogP contribution in [0, 0.1) is 0 Å². The van der Waals surface area contributed by atoms with Crippen LogP contribution >= 0.6 is 0 Å². The van der Waals surface area contributed by atoms with Gasteiger partial charge in [0.1, 0.15) is 12.1 Å². The maximum Gasteiger partial charge on any atom is 0.320 e. The van der Waals surface area contributed by atoms with Gasteiger partial charge in [-0.1, -0.05) is 30.9 Å². The molecule has 0 amide bonds. The highest BCUT2D eigenvalue weighted by molar-refractivity contribution is 5.81. The van der Waals surface area contributed by atoms with Gasteiger partial charge in [0.15, 0.2) is 11.5 Å². The molecular weight excluding hydrogens is 400 g/mol. The monoisotopic (exact) mass is 428 g/mol. The number of aromatic nitrogens is 4. The Kier molecular flexibility index (Phi) is 7.74. The number of hydrogen-bond donors (Lipinski definition) is 2. The molecule has 3 heterocycles. The molecule has 10 heteroatoms. The second kappa shape index (κ2) is 10.7. The molecule has 1 aliphatic heterocycles. The van der Waals surface area contributed by atoms with E-state index in [0.717, 1.165) is 25.2 Å². The first-order valence-corrected chi connectivity index (χ1v) is 10.2. The zero-order valence-corrected chi connectivity index (χ0v) is 17.7. The zero-order chi connectivity index (χ0) is 22.2. The molecule has 0 radical (unpaired) electrons. The van der Waals surface area contributed by atoms with Crippen LogP contribution in [0.15, 0.2) is 46.0 Å². The van der Waals surface area contributed by atoms with Crippen molar-refractivity contribution in [3.05, 3.63) is 57.2 Å². The van der Waals surface area contributed by atoms with Gasteiger partial charge in [-0.25, -0.2) is 0 Å². The molecule has 0 spiro atoms. The van der Waals surface area contributed by atoms with Crippen molar-refractivity contribution in [2.75, 3.05) is 45.7 Å². The van der Waals surface area contributed by atoms with Crippen molar-refractivity contribution < 1.29 is 9.47 Å². The van der Waals surface area contributed by atoms with Crippen LogP contribution in [0.3, 0.4) is 0 Å². The average molecular weight is 428 g/mol. The Balaban J connectivity index is 1.90. The summed E-state index contributed by atoms with van der Waals surface area (Å²) in [6.07, 6.45) is 9.83. The van der Waals surface area contributed by atoms with E-state index < -0.39 is 11.1 Å². The minimum atomic E-state index is -0.789. The quantitative estimate of drug-likeness (QED) is 0.324. The lowest BCUT2D eigenvalue weighted by Gasteiger charge is -2.15. The molecule has 3 N–H and O–H groups in total. The molecule has 2 aromatic heterocycles. The van der Waals surface area contributed by atoms with Crippen molar-refractivity contribution >= 4 is 17.0 Å². The molecule has 3 rings (SSSR count). The average Bonchev–Trinajstić information content (AvgIpc) is 3.25. The van der Waals surface area contributed by atoms with E-state index in [9.17, 15) is 9.59 Å². The predicted octanol–water partition coefficient (Wildman–Crippen LogP) is 0.852. The van der Waals surface area contributed by atoms with Gasteiger partial charge in [0.05, 0.1) is 6.61 Å². The summed E-state index contributed by atoms with van der Waals surface area (Å²) < 4.78 is 11.6. The summed E-state index contributed by atoms with van der Waals surface area (Å²) in [5.74, 6) is 0.0218. The second-order valence-electron chi connectivity index (χ2n) is 7.16. The number of methoxy groups -OCH3 is 1. The van der Waals surface area contributed by atoms with Crippen molar-refractivity contribution in [2.45, 2.75) is 19.4 Å². The van der Waals surface area contributed by atoms with Crippen molar-refractivity contribution in [1.82, 2.24) is 24.4 Å². The van der Waals surface area contributed by atoms with E-state index in [1.807, 2.05) is 18.2 Å². The number of fused-ring (bicyclic) bond motifs is 1. The number of nitrogens with one attached hydrogen (secondary N) is 1. The van der Waals surface area contributed by atoms with E-state index >= 15 is 0 Å². The first-order valence-electron chi connectivity index (χ1n) is 10.2. The predicted molar refractivity (Wildman–Crippen MR) is 119 cm³/mol. The van der Waals surface area contributed by atoms with E-state index in [0.29, 0.717) is 6.61 Å². The fourth-order valence-electron chi connectivity index (χ4n) is 3.42. The number of H-pyrrole nitrogens is 1. The molecule has 0 atom stereocenters. The molecule has 31 heavy (non-hydrogen) atoms. The molecule has 166 valence electrons. The van der Waals surface area contributed by atoms with Gasteiger partial charge in [-0.2, -0.15) is 9.97 Å². The third-order valence-corrected chi connectivity index (χ3v) is 4.91. The first kappa shape index (κ1) is 22.4. The fourth-order valence-corrected chi connectivity index (χ4v) is 3.42. The maximum atomic E-state index is 12.5. The van der Waals surface area contributed by atoms with Gasteiger partial charge in [-0.15, -0.1) is 0 Å². The van der Waals surface area contributed by atoms with Crippen LogP contribution in [0.1, 0.15) is 12.8 Å². The van der Waals surface area contributed by atoms with E-state index in [1.54, 1.807) is 13.2 Å². The van der Waals surface area contributed by atoms with Gasteiger partial charge < -0.3 is 20.2 Å². The molecule has 0 bridgehead atoms. The first-order chi connectivity index (χ1) is 15.0. The number of anilines is 1. The lowest BCUT2D eigenvalue weighted by atomic mass is 10.2. The molecule has 2 aromatic rings. The largest absolute Gasteiger partial charge is 0.461 e. The minimum Gasteiger partial charge on any atom is -0.461 e. The Bertz CT molecular complexity index is 1100. The van der Waals surface area contributed by atoms with E-state index in [2.05, 4.69) is 26.4 Å². The second-order valence-corrected chi connectivity index (χ2v) is 7.16. The van der Waals surface area contributed by atoms with Crippen molar-refractivity contribution in [3.63, 3.8) is 0 Å². The summed E-state index contributed by atoms with van der Waals surface area (Å²) in [6, 6.07) is 0.00695. The molecule has 0 aliphatic carbocycles. The lowest BCUT2D eigenvalue weighted by molar-refractivity contribution is 0.141. The van der Waals surface area contributed by atoms with Crippen LogP contribution in [-0.4, -0.2) is 64.4 Å². The Morgan fingerprint density at radius 3 is 2.74 bits per heavy atom. The summed E-state index contributed by atoms with van der Waals surface area (Å²) in [5, 5.41) is 0. The highest BCUT2D eigenvalue weighted by atomic mass is 16.5. The number of likely N-dealkylation sites (tertiary alicyclic amines) is 1. The van der Waals surface area contributed by atoms with Gasteiger partial charge >= 0.3 is 17.1 Å². The molecule has 0 aromatic carbocycles. The normalized spacial score (nSPS) is 15.2. The summed E-state index contributed by atoms with van der Waals surface area (Å²) in [6.45, 7) is 7.43. The minimum absolute atomic E-state index is 0.00695. The zero-order valence-electron chi connectivity index (χ0n) is 17.7. The van der Waals surface area contributed by atoms with Crippen molar-refractivity contribution in [2.24, 2.45) is 0 Å². The van der Waals surface area contributed by atoms with E-state index in [4.69, 9.17) is 15.2 Å². The summed E-state index contributed by atoms with van der Waals surface area (Å²) >= 11 is 0. The number of allylic oxidation sites excluding steroid dienone is 3. The van der Waals surface area contributed by atoms with Crippen molar-refractivity contribution in [1.29, 1.82) is 0 Å². The lowest BCUT2D eigenvalue weighted by Crippen LogP contribution is -2.37. The van der Waals surface area contributed by atoms with Gasteiger partial charge in [0.2, 0.25) is 0 Å². The van der Waals surface area contributed by atoms with Crippen molar-refractivity contribution in [3.8, 4) is 6.01 Å². The Morgan fingerprint density at radius 1 is 1.26 bits per heavy atom. The van der Waals surface area contributed by atoms with Crippen LogP contribution in [-0.2, 0) is 11.3 Å². The summed E-state index contributed by atoms with van der Waals surface area (Å²) in [7, 11) is 1.55. The third kappa shape index (κ3) is 5.68. The maximum absolute atomic E-state index is 12.5. The molecule has 0 unspecified atom stereocenters. The number of aromatic amines is 1. The number of hydrogen-bond acceptors (Lipinski definition) is 8. The summed E-state index contributed by atoms with van der Waals surface area (Å²) in [4.78, 5) is 37.8. The highest BCUT2D eigenvalue weighted by Crippen LogP contribution is 2.17. The topological polar surface area (TPSA) is 128 Å². The molecule has 1 aliphatic rings. The van der Waals surface area contributed by atoms with Gasteiger partial charge in [-0.05, 0) is 31.5 Å². The molecule has 1 saturated heterocycles. The van der Waals surface area contributed by atoms with Crippen LogP contribution in [0.2, 0.25) is 0 Å². The molecule has 10 nitrogen and oxygen atoms in total. The molecular formula is C21H28N6O4. The van der Waals surface area contributed by atoms with E-state index in [-0.39, 0.29) is 36.1 Å². The van der Waals surface area contributed by atoms with Crippen LogP contribution in [0.25, 0.3) is 11.2 Å². The highest BCUT2D eigenvalue weighted by Gasteiger charge is 2.15. The smallest absolute Gasteiger partial charge is 0.320 e. The fraction of sp³-hybridized carbons (Fsp3) is 0.429. The standard InChI is InChI=1S/C21H28N6O4/c1-3-7-15(14-26-9-4-5-10-26)8-6-11-27-18-16(23-19(28)20(27)29)17(22)24-21(25-18)31-13-12-30-2/h3,6-8H,1,4-5,9-14H2,2H3,(H,23,28)(H2,22,24,25)/b8-6+,15-7+. The van der Waals surface area contributed by atoms with Crippen LogP contribution in [0.5, 0.6) is 6.01 Å². The number of ether oxygens (including phenoxy) is 2. The summed E-state index contributed by atoms with van der Waals surface area (Å²) in [5.41, 5.74) is 5.90. The molecule has 0 saturated carbocycles. The Morgan fingerprint density at radius 2 is 2.03 bits per heavy atom. The van der Waals surface area contributed by atoms with Gasteiger partial charge in [-0.3, -0.25) is 19.1 Å². The number of nitrogen functional groups attached to an aromatic ring is 1. The molecule has 1 fully saturated rings. The number of rotatable bonds is 10. The van der Waals surface area contributed by atoms with Gasteiger partial charge in [0, 0.05) is 20.2 Å². The van der Waals surface area contributed by atoms with Crippen LogP contribution < -0.4 is 21.6 Å².